The summed E-state index contributed by atoms with van der Waals surface area (Å²) in [5.41, 5.74) is 3.55. The molecule has 3 saturated heterocycles. The number of para-hydroxylation sites is 1. The Kier molecular flexibility index (Phi) is 7.78. The van der Waals surface area contributed by atoms with Crippen LogP contribution in [-0.2, 0) is 21.3 Å². The number of aryl methyl sites for hydroxylation is 1. The van der Waals surface area contributed by atoms with Crippen molar-refractivity contribution in [2.75, 3.05) is 42.7 Å². The van der Waals surface area contributed by atoms with E-state index in [2.05, 4.69) is 38.7 Å². The lowest BCUT2D eigenvalue weighted by atomic mass is 9.90. The van der Waals surface area contributed by atoms with Crippen molar-refractivity contribution in [1.29, 1.82) is 0 Å². The predicted molar refractivity (Wildman–Crippen MR) is 184 cm³/mol. The maximum absolute atomic E-state index is 14.1. The largest absolute Gasteiger partial charge is 0.480 e. The van der Waals surface area contributed by atoms with Crippen molar-refractivity contribution in [3.05, 3.63) is 65.4 Å². The Bertz CT molecular complexity index is 2270. The van der Waals surface area contributed by atoms with Gasteiger partial charge in [0.05, 0.1) is 43.7 Å². The first-order chi connectivity index (χ1) is 25.2. The number of pyridine rings is 1. The number of carboxylic acids is 1. The van der Waals surface area contributed by atoms with Crippen molar-refractivity contribution in [3.8, 4) is 17.7 Å². The smallest absolute Gasteiger partial charge is 0.326 e. The van der Waals surface area contributed by atoms with Crippen LogP contribution in [0.2, 0.25) is 0 Å². The van der Waals surface area contributed by atoms with Gasteiger partial charge in [-0.1, -0.05) is 24.0 Å². The van der Waals surface area contributed by atoms with Gasteiger partial charge < -0.3 is 33.5 Å². The maximum atomic E-state index is 14.1. The number of rotatable bonds is 7. The van der Waals surface area contributed by atoms with Gasteiger partial charge in [0.25, 0.3) is 6.43 Å². The fourth-order valence-corrected chi connectivity index (χ4v) is 7.50. The highest BCUT2D eigenvalue weighted by molar-refractivity contribution is 6.06. The molecular weight excluding hydrogens is 676 g/mol. The van der Waals surface area contributed by atoms with Gasteiger partial charge in [-0.2, -0.15) is 5.10 Å². The fourth-order valence-electron chi connectivity index (χ4n) is 7.50. The van der Waals surface area contributed by atoms with E-state index in [1.165, 1.54) is 4.90 Å². The number of halogens is 2. The molecule has 4 fully saturated rings. The first kappa shape index (κ1) is 32.6. The Morgan fingerprint density at radius 3 is 2.73 bits per heavy atom. The third-order valence-corrected chi connectivity index (χ3v) is 10.5. The quantitative estimate of drug-likeness (QED) is 0.231. The minimum atomic E-state index is -2.98. The van der Waals surface area contributed by atoms with Gasteiger partial charge in [0.2, 0.25) is 5.88 Å². The van der Waals surface area contributed by atoms with Crippen LogP contribution in [0.1, 0.15) is 61.2 Å². The van der Waals surface area contributed by atoms with E-state index in [1.807, 2.05) is 19.3 Å². The number of hydrogen-bond acceptors (Lipinski definition) is 11. The molecule has 7 heterocycles. The van der Waals surface area contributed by atoms with Gasteiger partial charge >= 0.3 is 5.97 Å². The summed E-state index contributed by atoms with van der Waals surface area (Å²) in [6, 6.07) is 7.63. The van der Waals surface area contributed by atoms with E-state index >= 15 is 0 Å². The monoisotopic (exact) mass is 711 g/mol. The Balaban J connectivity index is 1.07. The van der Waals surface area contributed by atoms with Crippen LogP contribution < -0.4 is 14.5 Å². The molecule has 13 nitrogen and oxygen atoms in total. The Morgan fingerprint density at radius 2 is 1.98 bits per heavy atom. The highest BCUT2D eigenvalue weighted by Gasteiger charge is 2.50. The summed E-state index contributed by atoms with van der Waals surface area (Å²) in [4.78, 5) is 29.3. The zero-order valence-corrected chi connectivity index (χ0v) is 28.5. The lowest BCUT2D eigenvalue weighted by Gasteiger charge is -2.53. The topological polar surface area (TPSA) is 141 Å². The van der Waals surface area contributed by atoms with Crippen LogP contribution in [0.3, 0.4) is 0 Å². The average Bonchev–Trinajstić information content (AvgIpc) is 3.59. The number of hydrogen-bond donors (Lipinski definition) is 1. The zero-order chi connectivity index (χ0) is 35.7. The highest BCUT2D eigenvalue weighted by atomic mass is 19.3. The Labute approximate surface area is 296 Å². The number of benzene rings is 1. The number of carboxylic acid groups (broad SMARTS) is 1. The van der Waals surface area contributed by atoms with Crippen molar-refractivity contribution in [2.45, 2.75) is 62.3 Å². The second-order valence-corrected chi connectivity index (χ2v) is 13.9. The minimum Gasteiger partial charge on any atom is -0.480 e. The molecule has 1 aromatic carbocycles. The number of fused-ring (bicyclic) bond motifs is 3. The number of aromatic nitrogens is 5. The molecule has 4 aliphatic rings. The first-order valence-electron chi connectivity index (χ1n) is 17.3. The Hall–Kier alpha value is -5.33. The average molecular weight is 712 g/mol. The first-order valence-corrected chi connectivity index (χ1v) is 17.3. The molecule has 3 atom stereocenters. The van der Waals surface area contributed by atoms with E-state index in [0.717, 1.165) is 24.1 Å². The van der Waals surface area contributed by atoms with Crippen molar-refractivity contribution >= 4 is 39.5 Å². The van der Waals surface area contributed by atoms with Gasteiger partial charge in [-0.15, -0.1) is 0 Å². The van der Waals surface area contributed by atoms with Gasteiger partial charge in [0.1, 0.15) is 34.5 Å². The minimum absolute atomic E-state index is 0.0207. The van der Waals surface area contributed by atoms with Crippen LogP contribution in [0.5, 0.6) is 5.88 Å². The van der Waals surface area contributed by atoms with Gasteiger partial charge in [-0.3, -0.25) is 4.68 Å². The van der Waals surface area contributed by atoms with E-state index < -0.39 is 36.0 Å². The highest BCUT2D eigenvalue weighted by Crippen LogP contribution is 2.42. The second-order valence-electron chi connectivity index (χ2n) is 13.9. The third kappa shape index (κ3) is 5.57. The number of morpholine rings is 1. The molecule has 0 bridgehead atoms. The zero-order valence-electron chi connectivity index (χ0n) is 28.5. The van der Waals surface area contributed by atoms with Crippen LogP contribution in [-0.4, -0.2) is 92.5 Å². The van der Waals surface area contributed by atoms with E-state index in [0.29, 0.717) is 60.4 Å². The third-order valence-electron chi connectivity index (χ3n) is 10.5. The van der Waals surface area contributed by atoms with E-state index in [4.69, 9.17) is 23.6 Å². The van der Waals surface area contributed by atoms with Gasteiger partial charge in [-0.25, -0.2) is 28.5 Å². The van der Waals surface area contributed by atoms with E-state index in [1.54, 1.807) is 35.1 Å². The summed E-state index contributed by atoms with van der Waals surface area (Å²) in [5.74, 6) is 5.43. The van der Waals surface area contributed by atoms with Crippen LogP contribution in [0.15, 0.2) is 47.1 Å². The van der Waals surface area contributed by atoms with Crippen LogP contribution in [0.4, 0.5) is 20.3 Å². The summed E-state index contributed by atoms with van der Waals surface area (Å²) in [6.45, 7) is 4.05. The van der Waals surface area contributed by atoms with Gasteiger partial charge in [-0.05, 0) is 38.0 Å². The number of furan rings is 1. The molecular formula is C37H35F2N7O6. The lowest BCUT2D eigenvalue weighted by Crippen LogP contribution is -2.68. The predicted octanol–water partition coefficient (Wildman–Crippen LogP) is 4.82. The molecule has 5 aromatic rings. The van der Waals surface area contributed by atoms with Crippen molar-refractivity contribution in [3.63, 3.8) is 0 Å². The number of anilines is 2. The molecule has 52 heavy (non-hydrogen) atoms. The van der Waals surface area contributed by atoms with Crippen molar-refractivity contribution in [2.24, 2.45) is 7.05 Å². The van der Waals surface area contributed by atoms with Crippen LogP contribution in [0.25, 0.3) is 22.1 Å². The summed E-state index contributed by atoms with van der Waals surface area (Å²) in [6.07, 6.45) is 2.16. The normalized spacial score (nSPS) is 22.6. The van der Waals surface area contributed by atoms with Crippen LogP contribution in [0, 0.1) is 11.8 Å². The summed E-state index contributed by atoms with van der Waals surface area (Å²) in [5, 5.41) is 15.5. The Morgan fingerprint density at radius 1 is 1.15 bits per heavy atom. The molecule has 1 aliphatic carbocycles. The number of ether oxygens (including phenoxy) is 3. The molecule has 9 rings (SSSR count). The number of carbonyl (C=O) groups is 1. The van der Waals surface area contributed by atoms with Crippen LogP contribution >= 0.6 is 0 Å². The molecule has 1 saturated carbocycles. The molecule has 1 spiro atoms. The molecule has 15 heteroatoms. The van der Waals surface area contributed by atoms with E-state index in [-0.39, 0.29) is 35.9 Å². The van der Waals surface area contributed by atoms with Gasteiger partial charge in [0, 0.05) is 49.3 Å². The lowest BCUT2D eigenvalue weighted by molar-refractivity contribution is -0.228. The maximum Gasteiger partial charge on any atom is 0.326 e. The summed E-state index contributed by atoms with van der Waals surface area (Å²) in [7, 11) is 1.89. The van der Waals surface area contributed by atoms with Crippen molar-refractivity contribution < 1.29 is 37.3 Å². The number of aliphatic carboxylic acids is 1. The molecule has 0 radical (unpaired) electrons. The fraction of sp³-hybridized carbons (Fsp3) is 0.432. The van der Waals surface area contributed by atoms with E-state index in [9.17, 15) is 18.7 Å². The van der Waals surface area contributed by atoms with Crippen molar-refractivity contribution in [1.82, 2.24) is 24.7 Å². The van der Waals surface area contributed by atoms with Gasteiger partial charge in [0.15, 0.2) is 17.2 Å². The molecule has 4 aromatic heterocycles. The molecule has 3 aliphatic heterocycles. The second kappa shape index (κ2) is 12.4. The summed E-state index contributed by atoms with van der Waals surface area (Å²) >= 11 is 0. The summed E-state index contributed by atoms with van der Waals surface area (Å²) < 4.78 is 54.4. The SMILES string of the molecule is C[C@@H]1N(c2cc(C#Cc3cn(C)nc3C3CC3)cnc2O[C@H]2C[C@@H](C(=O)O)N(c3nc(C(F)F)nc4c3oc3ccccc34)C2)CCOC12COC2. The molecule has 268 valence electrons. The standard InChI is InChI=1S/C37H35F2N7O6/c1-20-37(18-49-19-37)50-12-11-45(20)26-13-21(7-8-23-16-44(2)43-29(23)22-9-10-22)15-40-35(26)51-24-14-27(36(47)48)46(17-24)34-31-30(41-33(42-34)32(38)39)25-5-3-4-6-28(25)52-31/h3-6,13,15-16,20,22,24,27,32H,9-12,14,17-19H2,1-2H3,(H,47,48)/t20-,24-,27-/m0/s1. The number of alkyl halides is 2. The molecule has 1 N–H and O–H groups in total. The molecule has 0 unspecified atom stereocenters. The molecule has 0 amide bonds. The number of nitrogens with zero attached hydrogens (tertiary/aromatic N) is 7.